The zero-order valence-electron chi connectivity index (χ0n) is 12.6. The monoisotopic (exact) mass is 352 g/mol. The first kappa shape index (κ1) is 20.6. The lowest BCUT2D eigenvalue weighted by Gasteiger charge is -2.26. The molecule has 22 heavy (non-hydrogen) atoms. The summed E-state index contributed by atoms with van der Waals surface area (Å²) < 4.78 is 14.6. The number of terminal acetylenes is 1. The van der Waals surface area contributed by atoms with E-state index < -0.39 is 34.1 Å². The van der Waals surface area contributed by atoms with Gasteiger partial charge in [-0.15, -0.1) is 29.6 Å². The molecule has 0 aromatic heterocycles. The fraction of sp³-hybridized carbons (Fsp3) is 0.643. The molecule has 124 valence electrons. The van der Waals surface area contributed by atoms with Crippen LogP contribution in [-0.4, -0.2) is 48.5 Å². The molecule has 0 spiro atoms. The lowest BCUT2D eigenvalue weighted by Crippen LogP contribution is -2.41. The van der Waals surface area contributed by atoms with Crippen molar-refractivity contribution in [1.82, 2.24) is 0 Å². The highest BCUT2D eigenvalue weighted by Gasteiger charge is 2.39. The molecule has 0 amide bonds. The molecular formula is C14H18Cl2O6. The highest BCUT2D eigenvalue weighted by Crippen LogP contribution is 2.21. The Kier molecular flexibility index (Phi) is 8.91. The van der Waals surface area contributed by atoms with Gasteiger partial charge >= 0.3 is 17.9 Å². The summed E-state index contributed by atoms with van der Waals surface area (Å²) in [5.74, 6) is -0.0585. The van der Waals surface area contributed by atoms with E-state index in [0.717, 1.165) is 0 Å². The molecule has 0 fully saturated rings. The summed E-state index contributed by atoms with van der Waals surface area (Å²) in [7, 11) is 0. The van der Waals surface area contributed by atoms with Gasteiger partial charge in [-0.2, -0.15) is 0 Å². The van der Waals surface area contributed by atoms with Crippen molar-refractivity contribution in [1.29, 1.82) is 0 Å². The Hall–Kier alpha value is -1.45. The fourth-order valence-corrected chi connectivity index (χ4v) is 1.26. The minimum absolute atomic E-state index is 0.256. The van der Waals surface area contributed by atoms with Crippen molar-refractivity contribution in [2.45, 2.75) is 31.5 Å². The number of hydrogen-bond acceptors (Lipinski definition) is 6. The van der Waals surface area contributed by atoms with Crippen LogP contribution >= 0.6 is 23.2 Å². The Morgan fingerprint density at radius 3 is 1.77 bits per heavy atom. The van der Waals surface area contributed by atoms with Crippen LogP contribution in [0.3, 0.4) is 0 Å². The summed E-state index contributed by atoms with van der Waals surface area (Å²) in [6, 6.07) is 0. The lowest BCUT2D eigenvalue weighted by atomic mass is 9.93. The normalized spacial score (nSPS) is 15.6. The van der Waals surface area contributed by atoms with E-state index in [-0.39, 0.29) is 19.8 Å². The van der Waals surface area contributed by atoms with Gasteiger partial charge in [-0.05, 0) is 20.8 Å². The van der Waals surface area contributed by atoms with Crippen LogP contribution in [0.4, 0.5) is 0 Å². The lowest BCUT2D eigenvalue weighted by molar-refractivity contribution is -0.168. The van der Waals surface area contributed by atoms with Crippen LogP contribution in [-0.2, 0) is 28.6 Å². The fourth-order valence-electron chi connectivity index (χ4n) is 1.13. The quantitative estimate of drug-likeness (QED) is 0.285. The van der Waals surface area contributed by atoms with Crippen molar-refractivity contribution in [2.24, 2.45) is 5.41 Å². The third-order valence-electron chi connectivity index (χ3n) is 2.49. The third-order valence-corrected chi connectivity index (χ3v) is 2.85. The topological polar surface area (TPSA) is 78.9 Å². The molecule has 0 saturated carbocycles. The molecule has 0 saturated heterocycles. The molecule has 0 bridgehead atoms. The Morgan fingerprint density at radius 2 is 1.45 bits per heavy atom. The van der Waals surface area contributed by atoms with E-state index in [9.17, 15) is 14.4 Å². The van der Waals surface area contributed by atoms with Crippen LogP contribution < -0.4 is 0 Å². The van der Waals surface area contributed by atoms with Crippen LogP contribution in [0.15, 0.2) is 0 Å². The highest BCUT2D eigenvalue weighted by molar-refractivity contribution is 6.29. The minimum Gasteiger partial charge on any atom is -0.463 e. The van der Waals surface area contributed by atoms with Crippen LogP contribution in [0, 0.1) is 17.8 Å². The summed E-state index contributed by atoms with van der Waals surface area (Å²) in [5, 5.41) is -1.76. The molecule has 0 aliphatic rings. The Labute approximate surface area is 139 Å². The molecule has 0 aliphatic carbocycles. The number of hydrogen-bond donors (Lipinski definition) is 0. The van der Waals surface area contributed by atoms with Crippen LogP contribution in [0.5, 0.6) is 0 Å². The number of halogens is 2. The number of esters is 3. The maximum Gasteiger partial charge on any atom is 0.323 e. The van der Waals surface area contributed by atoms with Gasteiger partial charge in [0.05, 0.1) is 0 Å². The van der Waals surface area contributed by atoms with Gasteiger partial charge in [-0.3, -0.25) is 14.4 Å². The van der Waals surface area contributed by atoms with Gasteiger partial charge in [0.15, 0.2) is 6.61 Å². The summed E-state index contributed by atoms with van der Waals surface area (Å²) in [6.07, 6.45) is 5.01. The van der Waals surface area contributed by atoms with Crippen molar-refractivity contribution >= 4 is 41.1 Å². The zero-order chi connectivity index (χ0) is 17.3. The molecule has 0 aliphatic heterocycles. The number of carbonyl (C=O) groups excluding carboxylic acids is 3. The molecule has 0 rings (SSSR count). The minimum atomic E-state index is -1.42. The van der Waals surface area contributed by atoms with E-state index in [1.807, 2.05) is 0 Å². The van der Waals surface area contributed by atoms with Crippen LogP contribution in [0.2, 0.25) is 0 Å². The molecule has 0 heterocycles. The Morgan fingerprint density at radius 1 is 1.05 bits per heavy atom. The molecule has 2 atom stereocenters. The van der Waals surface area contributed by atoms with Gasteiger partial charge in [-0.1, -0.05) is 5.92 Å². The van der Waals surface area contributed by atoms with E-state index in [2.05, 4.69) is 5.92 Å². The predicted octanol–water partition coefficient (Wildman–Crippen LogP) is 1.51. The smallest absolute Gasteiger partial charge is 0.323 e. The number of alkyl halides is 2. The maximum atomic E-state index is 12.0. The molecule has 6 nitrogen and oxygen atoms in total. The highest BCUT2D eigenvalue weighted by atomic mass is 35.5. The molecule has 0 radical (unpaired) electrons. The van der Waals surface area contributed by atoms with E-state index in [1.54, 1.807) is 0 Å². The average molecular weight is 353 g/mol. The van der Waals surface area contributed by atoms with Crippen molar-refractivity contribution in [3.63, 3.8) is 0 Å². The largest absolute Gasteiger partial charge is 0.463 e. The summed E-state index contributed by atoms with van der Waals surface area (Å²) in [5.41, 5.74) is -1.42. The molecular weight excluding hydrogens is 335 g/mol. The Bertz CT molecular complexity index is 429. The summed E-state index contributed by atoms with van der Waals surface area (Å²) >= 11 is 11.1. The third kappa shape index (κ3) is 7.01. The van der Waals surface area contributed by atoms with Gasteiger partial charge < -0.3 is 14.2 Å². The van der Waals surface area contributed by atoms with E-state index in [1.165, 1.54) is 20.8 Å². The second kappa shape index (κ2) is 9.54. The number of rotatable bonds is 8. The van der Waals surface area contributed by atoms with Crippen molar-refractivity contribution in [2.75, 3.05) is 19.8 Å². The number of carbonyl (C=O) groups is 3. The summed E-state index contributed by atoms with van der Waals surface area (Å²) in [6.45, 7) is 3.24. The van der Waals surface area contributed by atoms with E-state index in [4.69, 9.17) is 43.8 Å². The van der Waals surface area contributed by atoms with Crippen molar-refractivity contribution in [3.05, 3.63) is 0 Å². The van der Waals surface area contributed by atoms with Gasteiger partial charge in [0.25, 0.3) is 0 Å². The Balaban J connectivity index is 4.89. The maximum absolute atomic E-state index is 12.0. The molecule has 0 aromatic rings. The van der Waals surface area contributed by atoms with Gasteiger partial charge in [0.1, 0.15) is 29.4 Å². The standard InChI is InChI=1S/C14H18Cl2O6/c1-5-6-20-13(19)14(4,7-21-11(17)9(2)15)8-22-12(18)10(3)16/h1,9-10H,6-8H2,2-4H3. The summed E-state index contributed by atoms with van der Waals surface area (Å²) in [4.78, 5) is 34.8. The number of ether oxygens (including phenoxy) is 3. The van der Waals surface area contributed by atoms with Gasteiger partial charge in [0, 0.05) is 0 Å². The predicted molar refractivity (Wildman–Crippen MR) is 80.4 cm³/mol. The average Bonchev–Trinajstić information content (AvgIpc) is 2.47. The van der Waals surface area contributed by atoms with Gasteiger partial charge in [0.2, 0.25) is 0 Å². The van der Waals surface area contributed by atoms with Crippen molar-refractivity contribution in [3.8, 4) is 12.3 Å². The second-order valence-corrected chi connectivity index (χ2v) is 6.10. The first-order valence-electron chi connectivity index (χ1n) is 6.36. The van der Waals surface area contributed by atoms with Crippen molar-refractivity contribution < 1.29 is 28.6 Å². The first-order valence-corrected chi connectivity index (χ1v) is 7.23. The molecule has 0 aromatic carbocycles. The SMILES string of the molecule is C#CCOC(=O)C(C)(COC(=O)C(C)Cl)COC(=O)C(C)Cl. The second-order valence-electron chi connectivity index (χ2n) is 4.79. The van der Waals surface area contributed by atoms with E-state index >= 15 is 0 Å². The zero-order valence-corrected chi connectivity index (χ0v) is 14.1. The van der Waals surface area contributed by atoms with E-state index in [0.29, 0.717) is 0 Å². The van der Waals surface area contributed by atoms with Gasteiger partial charge in [-0.25, -0.2) is 0 Å². The molecule has 0 N–H and O–H groups in total. The molecule has 8 heteroatoms. The van der Waals surface area contributed by atoms with Crippen LogP contribution in [0.25, 0.3) is 0 Å². The van der Waals surface area contributed by atoms with Crippen LogP contribution in [0.1, 0.15) is 20.8 Å². The molecule has 2 unspecified atom stereocenters. The first-order chi connectivity index (χ1) is 10.1.